The lowest BCUT2D eigenvalue weighted by Gasteiger charge is -2.36. The third kappa shape index (κ3) is 9.48. The first-order chi connectivity index (χ1) is 25.5. The van der Waals surface area contributed by atoms with Crippen molar-refractivity contribution < 1.29 is 38.3 Å². The molecule has 3 aliphatic carbocycles. The fraction of sp³-hybridized carbons (Fsp3) is 0.698. The first-order valence-corrected chi connectivity index (χ1v) is 20.1. The van der Waals surface area contributed by atoms with Crippen LogP contribution in [0, 0.1) is 52.8 Å². The molecule has 4 fully saturated rings. The third-order valence-corrected chi connectivity index (χ3v) is 12.7. The van der Waals surface area contributed by atoms with E-state index in [0.717, 1.165) is 38.5 Å². The Balaban J connectivity index is 1.27. The van der Waals surface area contributed by atoms with Gasteiger partial charge in [0.25, 0.3) is 0 Å². The van der Waals surface area contributed by atoms with Crippen LogP contribution in [0.15, 0.2) is 30.3 Å². The Kier molecular flexibility index (Phi) is 13.2. The van der Waals surface area contributed by atoms with E-state index in [9.17, 15) is 33.6 Å². The lowest BCUT2D eigenvalue weighted by molar-refractivity contribution is -0.153. The summed E-state index contributed by atoms with van der Waals surface area (Å²) in [4.78, 5) is 98.2. The number of likely N-dealkylation sites (N-methyl/N-ethyl adjacent to an activating group) is 1. The zero-order valence-corrected chi connectivity index (χ0v) is 33.3. The van der Waals surface area contributed by atoms with E-state index >= 15 is 0 Å². The fourth-order valence-corrected chi connectivity index (χ4v) is 9.26. The predicted octanol–water partition coefficient (Wildman–Crippen LogP) is 5.35. The van der Waals surface area contributed by atoms with Crippen molar-refractivity contribution in [1.82, 2.24) is 15.1 Å². The molecule has 0 bridgehead atoms. The van der Waals surface area contributed by atoms with E-state index in [1.54, 1.807) is 43.3 Å². The summed E-state index contributed by atoms with van der Waals surface area (Å²) < 4.78 is 5.53. The average Bonchev–Trinajstić information content (AvgIpc) is 3.92. The molecule has 5 rings (SSSR count). The van der Waals surface area contributed by atoms with Crippen LogP contribution in [-0.2, 0) is 38.3 Å². The van der Waals surface area contributed by atoms with E-state index in [2.05, 4.69) is 19.2 Å². The van der Waals surface area contributed by atoms with Crippen molar-refractivity contribution in [1.29, 1.82) is 0 Å². The largest absolute Gasteiger partial charge is 0.465 e. The molecule has 1 aliphatic heterocycles. The maximum atomic E-state index is 14.5. The Morgan fingerprint density at radius 3 is 2.17 bits per heavy atom. The number of Topliss-reactive ketones (excluding diaryl/α,β-unsaturated/α-hetero) is 3. The van der Waals surface area contributed by atoms with Gasteiger partial charge in [-0.3, -0.25) is 33.6 Å². The van der Waals surface area contributed by atoms with Crippen LogP contribution >= 0.6 is 0 Å². The highest BCUT2D eigenvalue weighted by molar-refractivity contribution is 6.38. The van der Waals surface area contributed by atoms with Crippen LogP contribution in [0.5, 0.6) is 0 Å². The number of benzene rings is 1. The van der Waals surface area contributed by atoms with Crippen molar-refractivity contribution >= 4 is 41.0 Å². The summed E-state index contributed by atoms with van der Waals surface area (Å²) in [5.41, 5.74) is 0.458. The number of ketones is 3. The number of amides is 3. The highest BCUT2D eigenvalue weighted by Crippen LogP contribution is 2.65. The second kappa shape index (κ2) is 17.3. The molecule has 1 saturated heterocycles. The van der Waals surface area contributed by atoms with Crippen LogP contribution in [0.3, 0.4) is 0 Å². The summed E-state index contributed by atoms with van der Waals surface area (Å²) in [5.74, 6) is -4.02. The molecule has 54 heavy (non-hydrogen) atoms. The number of likely N-dealkylation sites (tertiary alicyclic amines) is 1. The Bertz CT molecular complexity index is 1580. The first-order valence-electron chi connectivity index (χ1n) is 20.1. The van der Waals surface area contributed by atoms with Crippen molar-refractivity contribution in [2.24, 2.45) is 52.8 Å². The van der Waals surface area contributed by atoms with Gasteiger partial charge in [0.15, 0.2) is 11.6 Å². The van der Waals surface area contributed by atoms with Crippen molar-refractivity contribution in [2.75, 3.05) is 27.2 Å². The number of carbonyl (C=O) groups is 7. The topological polar surface area (TPSA) is 147 Å². The van der Waals surface area contributed by atoms with Gasteiger partial charge in [0, 0.05) is 45.8 Å². The molecule has 1 aromatic carbocycles. The number of nitrogens with zero attached hydrogens (tertiary/aromatic N) is 2. The Morgan fingerprint density at radius 2 is 1.57 bits per heavy atom. The van der Waals surface area contributed by atoms with Crippen LogP contribution in [0.2, 0.25) is 0 Å². The number of esters is 1. The number of piperidine rings is 1. The van der Waals surface area contributed by atoms with E-state index in [-0.39, 0.29) is 96.8 Å². The minimum atomic E-state index is -0.937. The molecule has 11 heteroatoms. The molecular formula is C43H61N3O8. The van der Waals surface area contributed by atoms with Crippen LogP contribution in [0.1, 0.15) is 110 Å². The third-order valence-electron chi connectivity index (χ3n) is 12.7. The molecule has 296 valence electrons. The molecule has 3 saturated carbocycles. The summed E-state index contributed by atoms with van der Waals surface area (Å²) in [5, 5.41) is 2.72. The van der Waals surface area contributed by atoms with Gasteiger partial charge in [-0.25, -0.2) is 0 Å². The highest BCUT2D eigenvalue weighted by atomic mass is 16.5. The number of ether oxygens (including phenoxy) is 1. The van der Waals surface area contributed by atoms with Gasteiger partial charge in [-0.1, -0.05) is 84.2 Å². The first kappa shape index (κ1) is 41.3. The highest BCUT2D eigenvalue weighted by Gasteiger charge is 2.69. The predicted molar refractivity (Wildman–Crippen MR) is 202 cm³/mol. The van der Waals surface area contributed by atoms with Gasteiger partial charge in [0.05, 0.1) is 25.0 Å². The van der Waals surface area contributed by atoms with Crippen molar-refractivity contribution in [3.63, 3.8) is 0 Å². The molecular weight excluding hydrogens is 686 g/mol. The molecule has 8 atom stereocenters. The van der Waals surface area contributed by atoms with Gasteiger partial charge < -0.3 is 19.9 Å². The summed E-state index contributed by atoms with van der Waals surface area (Å²) in [6.45, 7) is 10.9. The number of carbonyl (C=O) groups excluding carboxylic acids is 7. The van der Waals surface area contributed by atoms with Crippen LogP contribution < -0.4 is 5.32 Å². The fourth-order valence-electron chi connectivity index (χ4n) is 9.26. The minimum absolute atomic E-state index is 0.00939. The molecule has 4 aliphatic rings. The van der Waals surface area contributed by atoms with E-state index in [1.165, 1.54) is 4.90 Å². The molecule has 1 aromatic rings. The van der Waals surface area contributed by atoms with Gasteiger partial charge in [-0.2, -0.15) is 0 Å². The Labute approximate surface area is 320 Å². The van der Waals surface area contributed by atoms with Gasteiger partial charge in [-0.15, -0.1) is 0 Å². The number of hydrogen-bond donors (Lipinski definition) is 1. The monoisotopic (exact) mass is 747 g/mol. The van der Waals surface area contributed by atoms with Crippen molar-refractivity contribution in [3.05, 3.63) is 35.9 Å². The quantitative estimate of drug-likeness (QED) is 0.156. The lowest BCUT2D eigenvalue weighted by atomic mass is 9.77. The van der Waals surface area contributed by atoms with E-state index in [4.69, 9.17) is 4.74 Å². The summed E-state index contributed by atoms with van der Waals surface area (Å²) in [6.07, 6.45) is 4.76. The van der Waals surface area contributed by atoms with Gasteiger partial charge in [0.1, 0.15) is 6.04 Å². The lowest BCUT2D eigenvalue weighted by Crippen LogP contribution is -2.50. The second-order valence-corrected chi connectivity index (χ2v) is 17.8. The van der Waals surface area contributed by atoms with E-state index < -0.39 is 41.4 Å². The molecule has 3 unspecified atom stereocenters. The number of rotatable bonds is 18. The number of nitrogens with one attached hydrogen (secondary N) is 1. The normalized spacial score (nSPS) is 25.9. The smallest absolute Gasteiger partial charge is 0.306 e. The zero-order valence-electron chi connectivity index (χ0n) is 33.3. The Hall–Kier alpha value is -3.89. The Morgan fingerprint density at radius 1 is 0.926 bits per heavy atom. The van der Waals surface area contributed by atoms with E-state index in [1.807, 2.05) is 26.8 Å². The molecule has 3 amide bonds. The number of hydrogen-bond acceptors (Lipinski definition) is 8. The van der Waals surface area contributed by atoms with Gasteiger partial charge >= 0.3 is 5.97 Å². The van der Waals surface area contributed by atoms with Gasteiger partial charge in [-0.05, 0) is 65.7 Å². The molecule has 1 heterocycles. The van der Waals surface area contributed by atoms with Crippen molar-refractivity contribution in [3.8, 4) is 0 Å². The van der Waals surface area contributed by atoms with Crippen molar-refractivity contribution in [2.45, 2.75) is 111 Å². The molecule has 11 nitrogen and oxygen atoms in total. The minimum Gasteiger partial charge on any atom is -0.465 e. The molecule has 0 radical (unpaired) electrons. The maximum absolute atomic E-state index is 14.5. The van der Waals surface area contributed by atoms with Crippen LogP contribution in [0.25, 0.3) is 0 Å². The van der Waals surface area contributed by atoms with Crippen LogP contribution in [0.4, 0.5) is 0 Å². The SMILES string of the molecule is CC(C)COC(=O)C[C@H](C(=O)N1C[C@H]2[C@@H]([C@H]1C(=O)CC(C(=O)C(=O)CCC(=O)N[C@H](C(=O)N(C)C)c1ccccc1)C1CC1C)C2(C)C)C1CCCCC1. The zero-order chi connectivity index (χ0) is 39.5. The summed E-state index contributed by atoms with van der Waals surface area (Å²) in [6, 6.07) is 7.17. The van der Waals surface area contributed by atoms with Gasteiger partial charge in [0.2, 0.25) is 23.5 Å². The maximum Gasteiger partial charge on any atom is 0.306 e. The summed E-state index contributed by atoms with van der Waals surface area (Å²) in [7, 11) is 3.19. The summed E-state index contributed by atoms with van der Waals surface area (Å²) >= 11 is 0. The standard InChI is InChI=1S/C43H61N3O8/c1-25(2)24-54-36(50)22-30(27-14-10-8-11-15-27)41(52)46-23-32-37(43(32,4)5)39(46)34(48)21-31(29-20-26(29)3)40(51)33(47)18-19-35(49)44-38(42(53)45(6)7)28-16-12-9-13-17-28/h9,12-13,16-17,25-27,29-32,37-39H,8,10-11,14-15,18-24H2,1-7H3,(H,44,49)/t26?,29?,30-,31?,32-,37-,38-,39+/m0/s1. The number of fused-ring (bicyclic) bond motifs is 1. The van der Waals surface area contributed by atoms with Crippen LogP contribution in [-0.4, -0.2) is 84.1 Å². The molecule has 0 aromatic heterocycles. The average molecular weight is 748 g/mol. The molecule has 1 N–H and O–H groups in total. The second-order valence-electron chi connectivity index (χ2n) is 17.8. The van der Waals surface area contributed by atoms with E-state index in [0.29, 0.717) is 12.1 Å². The molecule has 0 spiro atoms.